The Morgan fingerprint density at radius 3 is 2.65 bits per heavy atom. The standard InChI is InChI=1S/C13H16N2O2/c1-2-3-8-15-13(17)12(16)11-6-4-10(9-14)5-7-11/h4-7,12,16H,2-3,8H2,1H3,(H,15,17). The molecule has 0 aliphatic heterocycles. The van der Waals surface area contributed by atoms with E-state index < -0.39 is 12.0 Å². The number of rotatable bonds is 5. The first kappa shape index (κ1) is 13.2. The van der Waals surface area contributed by atoms with Crippen LogP contribution in [-0.2, 0) is 4.79 Å². The summed E-state index contributed by atoms with van der Waals surface area (Å²) in [6.45, 7) is 2.60. The van der Waals surface area contributed by atoms with Crippen molar-refractivity contribution < 1.29 is 9.90 Å². The molecule has 0 aliphatic rings. The quantitative estimate of drug-likeness (QED) is 0.756. The van der Waals surface area contributed by atoms with Gasteiger partial charge in [0, 0.05) is 6.54 Å². The van der Waals surface area contributed by atoms with Gasteiger partial charge in [-0.3, -0.25) is 4.79 Å². The van der Waals surface area contributed by atoms with Gasteiger partial charge in [-0.1, -0.05) is 25.5 Å². The first-order valence-electron chi connectivity index (χ1n) is 5.65. The molecule has 1 aromatic rings. The van der Waals surface area contributed by atoms with Crippen molar-refractivity contribution in [1.82, 2.24) is 5.32 Å². The van der Waals surface area contributed by atoms with Gasteiger partial charge in [-0.25, -0.2) is 0 Å². The number of carbonyl (C=O) groups excluding carboxylic acids is 1. The first-order valence-corrected chi connectivity index (χ1v) is 5.65. The number of hydrogen-bond donors (Lipinski definition) is 2. The van der Waals surface area contributed by atoms with Gasteiger partial charge in [-0.05, 0) is 24.1 Å². The Labute approximate surface area is 101 Å². The molecular weight excluding hydrogens is 216 g/mol. The Kier molecular flexibility index (Phi) is 5.18. The highest BCUT2D eigenvalue weighted by atomic mass is 16.3. The fourth-order valence-corrected chi connectivity index (χ4v) is 1.38. The molecule has 0 heterocycles. The number of nitrogens with one attached hydrogen (secondary N) is 1. The molecule has 1 aromatic carbocycles. The summed E-state index contributed by atoms with van der Waals surface area (Å²) in [5, 5.41) is 21.0. The van der Waals surface area contributed by atoms with Gasteiger partial charge in [0.05, 0.1) is 11.6 Å². The van der Waals surface area contributed by atoms with E-state index in [1.165, 1.54) is 0 Å². The summed E-state index contributed by atoms with van der Waals surface area (Å²) in [7, 11) is 0. The van der Waals surface area contributed by atoms with Crippen LogP contribution in [0.1, 0.15) is 37.0 Å². The van der Waals surface area contributed by atoms with Crippen LogP contribution in [0.2, 0.25) is 0 Å². The molecule has 1 rings (SSSR count). The molecule has 90 valence electrons. The van der Waals surface area contributed by atoms with E-state index in [0.29, 0.717) is 17.7 Å². The summed E-state index contributed by atoms with van der Waals surface area (Å²) >= 11 is 0. The summed E-state index contributed by atoms with van der Waals surface area (Å²) in [6.07, 6.45) is 0.721. The largest absolute Gasteiger partial charge is 0.378 e. The van der Waals surface area contributed by atoms with Crippen LogP contribution in [-0.4, -0.2) is 17.6 Å². The van der Waals surface area contributed by atoms with Gasteiger partial charge in [0.2, 0.25) is 0 Å². The lowest BCUT2D eigenvalue weighted by atomic mass is 10.1. The second-order valence-corrected chi connectivity index (χ2v) is 3.78. The summed E-state index contributed by atoms with van der Waals surface area (Å²) in [5.41, 5.74) is 1.00. The van der Waals surface area contributed by atoms with E-state index in [-0.39, 0.29) is 0 Å². The van der Waals surface area contributed by atoms with Crippen LogP contribution in [0.5, 0.6) is 0 Å². The molecule has 1 amide bonds. The topological polar surface area (TPSA) is 73.1 Å². The lowest BCUT2D eigenvalue weighted by Crippen LogP contribution is -2.30. The van der Waals surface area contributed by atoms with E-state index in [1.807, 2.05) is 13.0 Å². The number of nitrogens with zero attached hydrogens (tertiary/aromatic N) is 1. The number of aliphatic hydroxyl groups is 1. The third kappa shape index (κ3) is 3.89. The van der Waals surface area contributed by atoms with Gasteiger partial charge >= 0.3 is 0 Å². The smallest absolute Gasteiger partial charge is 0.253 e. The molecular formula is C13H16N2O2. The zero-order valence-electron chi connectivity index (χ0n) is 9.81. The summed E-state index contributed by atoms with van der Waals surface area (Å²) in [4.78, 5) is 11.5. The van der Waals surface area contributed by atoms with Crippen LogP contribution in [0.3, 0.4) is 0 Å². The van der Waals surface area contributed by atoms with Crippen LogP contribution in [0.4, 0.5) is 0 Å². The molecule has 0 saturated heterocycles. The Morgan fingerprint density at radius 2 is 2.12 bits per heavy atom. The second kappa shape index (κ2) is 6.66. The number of aliphatic hydroxyl groups excluding tert-OH is 1. The fraction of sp³-hybridized carbons (Fsp3) is 0.385. The van der Waals surface area contributed by atoms with E-state index in [0.717, 1.165) is 12.8 Å². The molecule has 4 nitrogen and oxygen atoms in total. The Bertz CT molecular complexity index is 406. The van der Waals surface area contributed by atoms with Crippen LogP contribution >= 0.6 is 0 Å². The number of carbonyl (C=O) groups is 1. The normalized spacial score (nSPS) is 11.6. The third-order valence-electron chi connectivity index (χ3n) is 2.43. The Balaban J connectivity index is 2.59. The van der Waals surface area contributed by atoms with Crippen molar-refractivity contribution in [3.8, 4) is 6.07 Å². The van der Waals surface area contributed by atoms with Crippen molar-refractivity contribution in [2.75, 3.05) is 6.54 Å². The van der Waals surface area contributed by atoms with Crippen LogP contribution in [0.25, 0.3) is 0 Å². The van der Waals surface area contributed by atoms with Crippen molar-refractivity contribution >= 4 is 5.91 Å². The zero-order chi connectivity index (χ0) is 12.7. The predicted octanol–water partition coefficient (Wildman–Crippen LogP) is 1.51. The average molecular weight is 232 g/mol. The van der Waals surface area contributed by atoms with E-state index in [2.05, 4.69) is 5.32 Å². The highest BCUT2D eigenvalue weighted by molar-refractivity contribution is 5.81. The van der Waals surface area contributed by atoms with Crippen LogP contribution in [0, 0.1) is 11.3 Å². The lowest BCUT2D eigenvalue weighted by Gasteiger charge is -2.11. The molecule has 0 radical (unpaired) electrons. The molecule has 0 aromatic heterocycles. The van der Waals surface area contributed by atoms with Crippen LogP contribution < -0.4 is 5.32 Å². The molecule has 1 atom stereocenters. The Morgan fingerprint density at radius 1 is 1.47 bits per heavy atom. The minimum absolute atomic E-state index is 0.400. The predicted molar refractivity (Wildman–Crippen MR) is 64.0 cm³/mol. The van der Waals surface area contributed by atoms with Gasteiger partial charge in [0.25, 0.3) is 5.91 Å². The number of unbranched alkanes of at least 4 members (excludes halogenated alkanes) is 1. The second-order valence-electron chi connectivity index (χ2n) is 3.78. The highest BCUT2D eigenvalue weighted by Crippen LogP contribution is 2.13. The number of nitriles is 1. The molecule has 1 unspecified atom stereocenters. The Hall–Kier alpha value is -1.86. The molecule has 0 spiro atoms. The van der Waals surface area contributed by atoms with Crippen LogP contribution in [0.15, 0.2) is 24.3 Å². The molecule has 2 N–H and O–H groups in total. The lowest BCUT2D eigenvalue weighted by molar-refractivity contribution is -0.129. The summed E-state index contributed by atoms with van der Waals surface area (Å²) in [5.74, 6) is -0.400. The van der Waals surface area contributed by atoms with Crippen molar-refractivity contribution in [2.24, 2.45) is 0 Å². The fourth-order valence-electron chi connectivity index (χ4n) is 1.38. The van der Waals surface area contributed by atoms with Gasteiger partial charge in [0.15, 0.2) is 6.10 Å². The van der Waals surface area contributed by atoms with Crippen molar-refractivity contribution in [3.63, 3.8) is 0 Å². The third-order valence-corrected chi connectivity index (χ3v) is 2.43. The first-order chi connectivity index (χ1) is 8.19. The maximum absolute atomic E-state index is 11.5. The number of hydrogen-bond acceptors (Lipinski definition) is 3. The van der Waals surface area contributed by atoms with Gasteiger partial charge in [-0.15, -0.1) is 0 Å². The summed E-state index contributed by atoms with van der Waals surface area (Å²) in [6, 6.07) is 8.32. The molecule has 0 fully saturated rings. The van der Waals surface area contributed by atoms with Gasteiger partial charge in [0.1, 0.15) is 0 Å². The maximum Gasteiger partial charge on any atom is 0.253 e. The van der Waals surface area contributed by atoms with Crippen molar-refractivity contribution in [1.29, 1.82) is 5.26 Å². The van der Waals surface area contributed by atoms with Crippen molar-refractivity contribution in [2.45, 2.75) is 25.9 Å². The molecule has 4 heteroatoms. The SMILES string of the molecule is CCCCNC(=O)C(O)c1ccc(C#N)cc1. The van der Waals surface area contributed by atoms with Gasteiger partial charge in [-0.2, -0.15) is 5.26 Å². The maximum atomic E-state index is 11.5. The van der Waals surface area contributed by atoms with E-state index in [9.17, 15) is 9.90 Å². The molecule has 17 heavy (non-hydrogen) atoms. The molecule has 0 bridgehead atoms. The average Bonchev–Trinajstić information content (AvgIpc) is 2.38. The van der Waals surface area contributed by atoms with E-state index in [1.54, 1.807) is 24.3 Å². The molecule has 0 saturated carbocycles. The monoisotopic (exact) mass is 232 g/mol. The minimum Gasteiger partial charge on any atom is -0.378 e. The van der Waals surface area contributed by atoms with Crippen molar-refractivity contribution in [3.05, 3.63) is 35.4 Å². The highest BCUT2D eigenvalue weighted by Gasteiger charge is 2.16. The zero-order valence-corrected chi connectivity index (χ0v) is 9.81. The van der Waals surface area contributed by atoms with E-state index >= 15 is 0 Å². The van der Waals surface area contributed by atoms with E-state index in [4.69, 9.17) is 5.26 Å². The number of amides is 1. The number of benzene rings is 1. The van der Waals surface area contributed by atoms with Gasteiger partial charge < -0.3 is 10.4 Å². The summed E-state index contributed by atoms with van der Waals surface area (Å²) < 4.78 is 0. The molecule has 0 aliphatic carbocycles. The minimum atomic E-state index is -1.17.